The van der Waals surface area contributed by atoms with Crippen LogP contribution < -0.4 is 16.0 Å². The lowest BCUT2D eigenvalue weighted by molar-refractivity contribution is -0.163. The van der Waals surface area contributed by atoms with E-state index in [1.807, 2.05) is 83.8 Å². The highest BCUT2D eigenvalue weighted by Gasteiger charge is 2.57. The molecule has 17 heteroatoms. The van der Waals surface area contributed by atoms with Gasteiger partial charge in [-0.25, -0.2) is 0 Å². The molecule has 0 radical (unpaired) electrons. The van der Waals surface area contributed by atoms with Crippen molar-refractivity contribution in [2.24, 2.45) is 35.5 Å². The fraction of sp³-hybridized carbons (Fsp3) is 0.769. The van der Waals surface area contributed by atoms with Crippen LogP contribution in [0.1, 0.15) is 106 Å². The van der Waals surface area contributed by atoms with Crippen molar-refractivity contribution in [2.75, 3.05) is 68.1 Å². The summed E-state index contributed by atoms with van der Waals surface area (Å²) in [4.78, 5) is 92.3. The van der Waals surface area contributed by atoms with E-state index in [1.54, 1.807) is 52.0 Å². The highest BCUT2D eigenvalue weighted by atomic mass is 16.6. The first-order chi connectivity index (χ1) is 32.8. The number of carbonyl (C=O) groups excluding carboxylic acids is 6. The number of likely N-dealkylation sites (N-methyl/N-ethyl adjacent to an activating group) is 3. The van der Waals surface area contributed by atoms with Gasteiger partial charge < -0.3 is 54.5 Å². The highest BCUT2D eigenvalue weighted by Crippen LogP contribution is 2.46. The van der Waals surface area contributed by atoms with E-state index in [0.717, 1.165) is 19.5 Å². The molecule has 0 aliphatic carbocycles. The molecule has 69 heavy (non-hydrogen) atoms. The molecule has 4 unspecified atom stereocenters. The molecule has 4 heterocycles. The van der Waals surface area contributed by atoms with E-state index < -0.39 is 78.3 Å². The van der Waals surface area contributed by atoms with Crippen molar-refractivity contribution >= 4 is 35.5 Å². The van der Waals surface area contributed by atoms with Crippen molar-refractivity contribution in [2.45, 2.75) is 155 Å². The van der Waals surface area contributed by atoms with E-state index >= 15 is 0 Å². The number of fused-ring (bicyclic) bond motifs is 2. The quantitative estimate of drug-likeness (QED) is 0.135. The minimum absolute atomic E-state index is 0.0113. The number of amides is 5. The molecule has 388 valence electrons. The fourth-order valence-electron chi connectivity index (χ4n) is 11.3. The normalized spacial score (nSPS) is 25.6. The fourth-order valence-corrected chi connectivity index (χ4v) is 11.3. The van der Waals surface area contributed by atoms with Crippen LogP contribution in [0.25, 0.3) is 0 Å². The summed E-state index contributed by atoms with van der Waals surface area (Å²) in [6, 6.07) is 6.43. The van der Waals surface area contributed by atoms with Crippen molar-refractivity contribution in [3.8, 4) is 0 Å². The summed E-state index contributed by atoms with van der Waals surface area (Å²) >= 11 is 0. The maximum Gasteiger partial charge on any atom is 0.313 e. The Morgan fingerprint density at radius 3 is 1.99 bits per heavy atom. The number of esters is 1. The third-order valence-corrected chi connectivity index (χ3v) is 15.6. The predicted molar refractivity (Wildman–Crippen MR) is 262 cm³/mol. The molecule has 1 aromatic carbocycles. The minimum Gasteiger partial charge on any atom is -0.455 e. The molecule has 3 N–H and O–H groups in total. The van der Waals surface area contributed by atoms with Crippen molar-refractivity contribution in [3.63, 3.8) is 0 Å². The summed E-state index contributed by atoms with van der Waals surface area (Å²) in [6.45, 7) is 18.5. The molecule has 14 atom stereocenters. The average Bonchev–Trinajstić information content (AvgIpc) is 4.10. The van der Waals surface area contributed by atoms with E-state index in [0.29, 0.717) is 50.9 Å². The monoisotopic (exact) mass is 968 g/mol. The molecule has 2 bridgehead atoms. The molecule has 4 aliphatic rings. The van der Waals surface area contributed by atoms with Crippen LogP contribution in [-0.4, -0.2) is 178 Å². The van der Waals surface area contributed by atoms with Gasteiger partial charge in [-0.3, -0.25) is 28.8 Å². The SMILES string of the molecule is CC[C@H](C)[C@@H]([C@@H](CC(=O)N1CCC[C@H]1[C@H](OC)[C@@H](C)C(=O)N[C@H](C)[C@@H](OC(=O)C1C2CCC(O2)C1C(=O)N1CCN(C)CC1)c1ccccc1)OC)N(C)C(=O)[C@@H](NC(=O)[C@@H](NC)C(C)C)C(C)C. The van der Waals surface area contributed by atoms with E-state index in [2.05, 4.69) is 20.9 Å². The molecule has 1 aromatic rings. The summed E-state index contributed by atoms with van der Waals surface area (Å²) in [7, 11) is 8.58. The maximum absolute atomic E-state index is 14.5. The van der Waals surface area contributed by atoms with Gasteiger partial charge >= 0.3 is 5.97 Å². The van der Waals surface area contributed by atoms with E-state index in [1.165, 1.54) is 0 Å². The smallest absolute Gasteiger partial charge is 0.313 e. The second kappa shape index (κ2) is 25.3. The van der Waals surface area contributed by atoms with E-state index in [-0.39, 0.29) is 59.8 Å². The minimum atomic E-state index is -0.870. The van der Waals surface area contributed by atoms with E-state index in [9.17, 15) is 28.8 Å². The van der Waals surface area contributed by atoms with Crippen LogP contribution in [0.15, 0.2) is 30.3 Å². The van der Waals surface area contributed by atoms with Gasteiger partial charge in [0.2, 0.25) is 29.5 Å². The van der Waals surface area contributed by atoms with Crippen LogP contribution in [-0.2, 0) is 47.7 Å². The summed E-state index contributed by atoms with van der Waals surface area (Å²) in [5.74, 6) is -3.92. The number of piperazine rings is 1. The van der Waals surface area contributed by atoms with Gasteiger partial charge in [0.25, 0.3) is 0 Å². The number of hydrogen-bond donors (Lipinski definition) is 3. The average molecular weight is 968 g/mol. The van der Waals surface area contributed by atoms with Gasteiger partial charge in [-0.1, -0.05) is 85.2 Å². The van der Waals surface area contributed by atoms with Gasteiger partial charge in [-0.15, -0.1) is 0 Å². The number of hydrogen-bond acceptors (Lipinski definition) is 12. The Kier molecular flexibility index (Phi) is 20.4. The number of carbonyl (C=O) groups is 6. The van der Waals surface area contributed by atoms with Crippen LogP contribution in [0.4, 0.5) is 0 Å². The first-order valence-electron chi connectivity index (χ1n) is 25.6. The topological polar surface area (TPSA) is 188 Å². The number of methoxy groups -OCH3 is 2. The molecule has 4 fully saturated rings. The van der Waals surface area contributed by atoms with Gasteiger partial charge in [0.1, 0.15) is 12.1 Å². The molecule has 5 amide bonds. The standard InChI is InChI=1S/C52H85N7O10/c1-14-32(6)45(57(11)51(64)44(31(4)5)55-49(62)43(53-9)30(2)3)39(66-12)29-40(60)59-24-18-21-36(59)46(67-13)33(7)48(61)54-34(8)47(35-19-16-15-17-20-35)69-52(65)42-38-23-22-37(68-38)41(42)50(63)58-27-25-56(10)26-28-58/h15-17,19-20,30-34,36-39,41-47,53H,14,18,21-29H2,1-13H3,(H,54,61)(H,55,62)/t32-,33+,34+,36-,37?,38?,39+,41?,42?,43-,44-,45-,46+,47+/m0/s1. The van der Waals surface area contributed by atoms with Crippen LogP contribution in [0, 0.1) is 35.5 Å². The maximum atomic E-state index is 14.5. The number of ether oxygens (including phenoxy) is 4. The van der Waals surface area contributed by atoms with Gasteiger partial charge in [0, 0.05) is 54.0 Å². The number of nitrogens with zero attached hydrogens (tertiary/aromatic N) is 4. The number of benzene rings is 1. The molecule has 0 spiro atoms. The Balaban J connectivity index is 1.28. The van der Waals surface area contributed by atoms with Crippen LogP contribution in [0.3, 0.4) is 0 Å². The summed E-state index contributed by atoms with van der Waals surface area (Å²) in [6.07, 6.45) is 0.463. The zero-order valence-electron chi connectivity index (χ0n) is 43.8. The second-order valence-electron chi connectivity index (χ2n) is 20.9. The molecule has 4 saturated heterocycles. The number of rotatable bonds is 23. The Bertz CT molecular complexity index is 1880. The van der Waals surface area contributed by atoms with Crippen LogP contribution in [0.2, 0.25) is 0 Å². The molecular weight excluding hydrogens is 883 g/mol. The Morgan fingerprint density at radius 2 is 1.42 bits per heavy atom. The van der Waals surface area contributed by atoms with Gasteiger partial charge in [-0.2, -0.15) is 0 Å². The third kappa shape index (κ3) is 13.0. The third-order valence-electron chi connectivity index (χ3n) is 15.6. The van der Waals surface area contributed by atoms with Crippen molar-refractivity contribution in [1.82, 2.24) is 35.6 Å². The van der Waals surface area contributed by atoms with Crippen molar-refractivity contribution in [3.05, 3.63) is 35.9 Å². The zero-order chi connectivity index (χ0) is 50.9. The lowest BCUT2D eigenvalue weighted by Crippen LogP contribution is -2.59. The molecular formula is C52H85N7O10. The first-order valence-corrected chi connectivity index (χ1v) is 25.6. The van der Waals surface area contributed by atoms with Crippen molar-refractivity contribution < 1.29 is 47.7 Å². The molecule has 0 saturated carbocycles. The first kappa shape index (κ1) is 55.8. The summed E-state index contributed by atoms with van der Waals surface area (Å²) in [5, 5.41) is 9.18. The Hall–Kier alpha value is -4.16. The Labute approximate surface area is 411 Å². The number of nitrogens with one attached hydrogen (secondary N) is 3. The van der Waals surface area contributed by atoms with Gasteiger partial charge in [0.15, 0.2) is 0 Å². The van der Waals surface area contributed by atoms with Crippen LogP contribution in [0.5, 0.6) is 0 Å². The Morgan fingerprint density at radius 1 is 0.797 bits per heavy atom. The molecule has 0 aromatic heterocycles. The molecule has 17 nitrogen and oxygen atoms in total. The highest BCUT2D eigenvalue weighted by molar-refractivity contribution is 5.90. The lowest BCUT2D eigenvalue weighted by Gasteiger charge is -2.41. The second-order valence-corrected chi connectivity index (χ2v) is 20.9. The number of likely N-dealkylation sites (tertiary alicyclic amines) is 1. The van der Waals surface area contributed by atoms with Gasteiger partial charge in [0.05, 0.1) is 72.8 Å². The van der Waals surface area contributed by atoms with Crippen molar-refractivity contribution in [1.29, 1.82) is 0 Å². The van der Waals surface area contributed by atoms with E-state index in [4.69, 9.17) is 18.9 Å². The van der Waals surface area contributed by atoms with Crippen LogP contribution >= 0.6 is 0 Å². The predicted octanol–water partition coefficient (Wildman–Crippen LogP) is 3.65. The summed E-state index contributed by atoms with van der Waals surface area (Å²) in [5.41, 5.74) is 0.696. The molecule has 4 aliphatic heterocycles. The molecule has 5 rings (SSSR count). The largest absolute Gasteiger partial charge is 0.455 e. The lowest BCUT2D eigenvalue weighted by atomic mass is 9.78. The van der Waals surface area contributed by atoms with Gasteiger partial charge in [-0.05, 0) is 70.0 Å². The summed E-state index contributed by atoms with van der Waals surface area (Å²) < 4.78 is 24.8. The zero-order valence-corrected chi connectivity index (χ0v) is 43.8.